The number of aryl methyl sites for hydroxylation is 1. The van der Waals surface area contributed by atoms with Crippen LogP contribution >= 0.6 is 0 Å². The molecular weight excluding hydrogens is 267 g/mol. The van der Waals surface area contributed by atoms with Gasteiger partial charge in [-0.2, -0.15) is 4.98 Å². The summed E-state index contributed by atoms with van der Waals surface area (Å²) >= 11 is 0. The first-order valence-electron chi connectivity index (χ1n) is 7.34. The molecule has 0 amide bonds. The SMILES string of the molecule is Cc1cc(Nc2ccccc2F)nc(NC2CCCC2)n1. The van der Waals surface area contributed by atoms with Gasteiger partial charge in [0.15, 0.2) is 0 Å². The fourth-order valence-corrected chi connectivity index (χ4v) is 2.65. The van der Waals surface area contributed by atoms with Crippen LogP contribution in [0.15, 0.2) is 30.3 Å². The highest BCUT2D eigenvalue weighted by Crippen LogP contribution is 2.23. The summed E-state index contributed by atoms with van der Waals surface area (Å²) in [7, 11) is 0. The Morgan fingerprint density at radius 1 is 1.14 bits per heavy atom. The second kappa shape index (κ2) is 6.08. The van der Waals surface area contributed by atoms with Crippen LogP contribution in [-0.4, -0.2) is 16.0 Å². The fourth-order valence-electron chi connectivity index (χ4n) is 2.65. The van der Waals surface area contributed by atoms with Crippen molar-refractivity contribution in [1.82, 2.24) is 9.97 Å². The highest BCUT2D eigenvalue weighted by atomic mass is 19.1. The third-order valence-electron chi connectivity index (χ3n) is 3.68. The largest absolute Gasteiger partial charge is 0.351 e. The second-order valence-electron chi connectivity index (χ2n) is 5.45. The average Bonchev–Trinajstić information content (AvgIpc) is 2.93. The van der Waals surface area contributed by atoms with Gasteiger partial charge in [0.25, 0.3) is 0 Å². The summed E-state index contributed by atoms with van der Waals surface area (Å²) in [6, 6.07) is 8.83. The first kappa shape index (κ1) is 13.8. The van der Waals surface area contributed by atoms with Crippen molar-refractivity contribution in [1.29, 1.82) is 0 Å². The maximum absolute atomic E-state index is 13.7. The molecule has 110 valence electrons. The molecule has 1 aromatic heterocycles. The normalized spacial score (nSPS) is 15.1. The molecule has 1 aliphatic carbocycles. The number of benzene rings is 1. The van der Waals surface area contributed by atoms with Crippen molar-refractivity contribution in [2.45, 2.75) is 38.6 Å². The smallest absolute Gasteiger partial charge is 0.225 e. The molecule has 1 fully saturated rings. The van der Waals surface area contributed by atoms with E-state index in [1.165, 1.54) is 18.9 Å². The topological polar surface area (TPSA) is 49.8 Å². The molecule has 5 heteroatoms. The van der Waals surface area contributed by atoms with Crippen molar-refractivity contribution < 1.29 is 4.39 Å². The van der Waals surface area contributed by atoms with E-state index in [2.05, 4.69) is 20.6 Å². The van der Waals surface area contributed by atoms with Gasteiger partial charge < -0.3 is 10.6 Å². The van der Waals surface area contributed by atoms with Crippen molar-refractivity contribution in [3.63, 3.8) is 0 Å². The Labute approximate surface area is 123 Å². The van der Waals surface area contributed by atoms with Crippen LogP contribution in [0.1, 0.15) is 31.4 Å². The van der Waals surface area contributed by atoms with Gasteiger partial charge in [-0.15, -0.1) is 0 Å². The highest BCUT2D eigenvalue weighted by Gasteiger charge is 2.16. The maximum Gasteiger partial charge on any atom is 0.225 e. The zero-order valence-corrected chi connectivity index (χ0v) is 12.1. The minimum atomic E-state index is -0.293. The van der Waals surface area contributed by atoms with Gasteiger partial charge in [-0.25, -0.2) is 9.37 Å². The monoisotopic (exact) mass is 286 g/mol. The first-order chi connectivity index (χ1) is 10.2. The number of aromatic nitrogens is 2. The van der Waals surface area contributed by atoms with E-state index in [-0.39, 0.29) is 5.82 Å². The van der Waals surface area contributed by atoms with Crippen LogP contribution in [0.3, 0.4) is 0 Å². The van der Waals surface area contributed by atoms with E-state index in [0.717, 1.165) is 18.5 Å². The third-order valence-corrected chi connectivity index (χ3v) is 3.68. The predicted molar refractivity (Wildman–Crippen MR) is 82.3 cm³/mol. The molecule has 0 bridgehead atoms. The van der Waals surface area contributed by atoms with Crippen molar-refractivity contribution in [2.24, 2.45) is 0 Å². The zero-order valence-electron chi connectivity index (χ0n) is 12.1. The molecule has 0 atom stereocenters. The van der Waals surface area contributed by atoms with E-state index in [1.807, 2.05) is 13.0 Å². The zero-order chi connectivity index (χ0) is 14.7. The van der Waals surface area contributed by atoms with E-state index in [0.29, 0.717) is 23.5 Å². The summed E-state index contributed by atoms with van der Waals surface area (Å²) in [5, 5.41) is 6.38. The molecule has 1 saturated carbocycles. The van der Waals surface area contributed by atoms with Crippen molar-refractivity contribution >= 4 is 17.5 Å². The van der Waals surface area contributed by atoms with Crippen molar-refractivity contribution in [2.75, 3.05) is 10.6 Å². The molecule has 1 heterocycles. The van der Waals surface area contributed by atoms with Crippen molar-refractivity contribution in [3.8, 4) is 0 Å². The fraction of sp³-hybridized carbons (Fsp3) is 0.375. The molecule has 1 aromatic carbocycles. The van der Waals surface area contributed by atoms with Crippen LogP contribution in [0.4, 0.5) is 21.8 Å². The van der Waals surface area contributed by atoms with Crippen LogP contribution in [0.25, 0.3) is 0 Å². The van der Waals surface area contributed by atoms with Crippen LogP contribution in [-0.2, 0) is 0 Å². The van der Waals surface area contributed by atoms with Gasteiger partial charge in [0.05, 0.1) is 5.69 Å². The summed E-state index contributed by atoms with van der Waals surface area (Å²) in [6.45, 7) is 1.91. The maximum atomic E-state index is 13.7. The van der Waals surface area contributed by atoms with Crippen LogP contribution in [0, 0.1) is 12.7 Å². The lowest BCUT2D eigenvalue weighted by Crippen LogP contribution is -2.17. The number of hydrogen-bond acceptors (Lipinski definition) is 4. The van der Waals surface area contributed by atoms with E-state index >= 15 is 0 Å². The summed E-state index contributed by atoms with van der Waals surface area (Å²) in [5.74, 6) is 0.924. The molecule has 2 aromatic rings. The number of halogens is 1. The molecule has 2 N–H and O–H groups in total. The molecular formula is C16H19FN4. The minimum Gasteiger partial charge on any atom is -0.351 e. The molecule has 0 unspecified atom stereocenters. The molecule has 0 radical (unpaired) electrons. The Balaban J connectivity index is 1.79. The summed E-state index contributed by atoms with van der Waals surface area (Å²) in [6.07, 6.45) is 4.83. The van der Waals surface area contributed by atoms with Gasteiger partial charge in [0.1, 0.15) is 11.6 Å². The molecule has 1 aliphatic rings. The third kappa shape index (κ3) is 3.48. The summed E-state index contributed by atoms with van der Waals surface area (Å²) < 4.78 is 13.7. The molecule has 0 spiro atoms. The van der Waals surface area contributed by atoms with Gasteiger partial charge in [0, 0.05) is 17.8 Å². The molecule has 0 aliphatic heterocycles. The lowest BCUT2D eigenvalue weighted by molar-refractivity contribution is 0.632. The Morgan fingerprint density at radius 2 is 1.90 bits per heavy atom. The Kier molecular flexibility index (Phi) is 3.99. The predicted octanol–water partition coefficient (Wildman–Crippen LogP) is 4.02. The minimum absolute atomic E-state index is 0.293. The van der Waals surface area contributed by atoms with Gasteiger partial charge in [0.2, 0.25) is 5.95 Å². The lowest BCUT2D eigenvalue weighted by Gasteiger charge is -2.14. The van der Waals surface area contributed by atoms with Gasteiger partial charge in [-0.3, -0.25) is 0 Å². The van der Waals surface area contributed by atoms with E-state index in [4.69, 9.17) is 0 Å². The lowest BCUT2D eigenvalue weighted by atomic mass is 10.2. The van der Waals surface area contributed by atoms with Crippen LogP contribution in [0.5, 0.6) is 0 Å². The van der Waals surface area contributed by atoms with Gasteiger partial charge in [-0.1, -0.05) is 25.0 Å². The highest BCUT2D eigenvalue weighted by molar-refractivity contribution is 5.58. The molecule has 21 heavy (non-hydrogen) atoms. The van der Waals surface area contributed by atoms with Gasteiger partial charge >= 0.3 is 0 Å². The van der Waals surface area contributed by atoms with E-state index in [9.17, 15) is 4.39 Å². The Bertz CT molecular complexity index is 623. The van der Waals surface area contributed by atoms with E-state index < -0.39 is 0 Å². The number of nitrogens with one attached hydrogen (secondary N) is 2. The Hall–Kier alpha value is -2.17. The van der Waals surface area contributed by atoms with E-state index in [1.54, 1.807) is 18.2 Å². The standard InChI is InChI=1S/C16H19FN4/c1-11-10-15(20-14-9-5-4-8-13(14)17)21-16(18-11)19-12-6-2-3-7-12/h4-5,8-10,12H,2-3,6-7H2,1H3,(H2,18,19,20,21). The molecule has 3 rings (SSSR count). The first-order valence-corrected chi connectivity index (χ1v) is 7.34. The quantitative estimate of drug-likeness (QED) is 0.891. The van der Waals surface area contributed by atoms with Crippen molar-refractivity contribution in [3.05, 3.63) is 41.8 Å². The summed E-state index contributed by atoms with van der Waals surface area (Å²) in [5.41, 5.74) is 1.27. The number of nitrogens with zero attached hydrogens (tertiary/aromatic N) is 2. The number of para-hydroxylation sites is 1. The molecule has 4 nitrogen and oxygen atoms in total. The Morgan fingerprint density at radius 3 is 2.67 bits per heavy atom. The van der Waals surface area contributed by atoms with Crippen LogP contribution in [0.2, 0.25) is 0 Å². The second-order valence-corrected chi connectivity index (χ2v) is 5.45. The molecule has 0 saturated heterocycles. The number of hydrogen-bond donors (Lipinski definition) is 2. The summed E-state index contributed by atoms with van der Waals surface area (Å²) in [4.78, 5) is 8.84. The number of anilines is 3. The van der Waals surface area contributed by atoms with Crippen LogP contribution < -0.4 is 10.6 Å². The average molecular weight is 286 g/mol. The van der Waals surface area contributed by atoms with Gasteiger partial charge in [-0.05, 0) is 31.9 Å². The number of rotatable bonds is 4.